The Morgan fingerprint density at radius 2 is 2.19 bits per heavy atom. The Bertz CT molecular complexity index is 503. The van der Waals surface area contributed by atoms with Crippen LogP contribution < -0.4 is 0 Å². The number of aryl methyl sites for hydroxylation is 1. The number of hydrogen-bond donors (Lipinski definition) is 0. The van der Waals surface area contributed by atoms with E-state index in [9.17, 15) is 9.18 Å². The summed E-state index contributed by atoms with van der Waals surface area (Å²) in [5.41, 5.74) is 1.00. The van der Waals surface area contributed by atoms with Gasteiger partial charge in [-0.3, -0.25) is 4.79 Å². The minimum atomic E-state index is -0.322. The third kappa shape index (κ3) is 2.36. The van der Waals surface area contributed by atoms with Gasteiger partial charge in [-0.25, -0.2) is 4.39 Å². The molecular formula is C13H11FOS. The molecule has 0 unspecified atom stereocenters. The number of halogens is 1. The van der Waals surface area contributed by atoms with Gasteiger partial charge in [0, 0.05) is 16.9 Å². The fourth-order valence-corrected chi connectivity index (χ4v) is 2.14. The van der Waals surface area contributed by atoms with Crippen LogP contribution >= 0.6 is 11.3 Å². The average molecular weight is 234 g/mol. The summed E-state index contributed by atoms with van der Waals surface area (Å²) in [6.07, 6.45) is 0.347. The first kappa shape index (κ1) is 11.0. The van der Waals surface area contributed by atoms with Gasteiger partial charge in [0.15, 0.2) is 5.78 Å². The quantitative estimate of drug-likeness (QED) is 0.741. The van der Waals surface area contributed by atoms with Crippen LogP contribution in [0.3, 0.4) is 0 Å². The molecule has 0 aliphatic rings. The van der Waals surface area contributed by atoms with Crippen LogP contribution in [0.2, 0.25) is 0 Å². The lowest BCUT2D eigenvalue weighted by Crippen LogP contribution is -2.03. The van der Waals surface area contributed by atoms with E-state index in [0.717, 1.165) is 4.88 Å². The highest BCUT2D eigenvalue weighted by atomic mass is 32.1. The van der Waals surface area contributed by atoms with Gasteiger partial charge < -0.3 is 0 Å². The zero-order chi connectivity index (χ0) is 11.5. The van der Waals surface area contributed by atoms with Crippen LogP contribution in [0.1, 0.15) is 20.8 Å². The van der Waals surface area contributed by atoms with Crippen molar-refractivity contribution in [2.75, 3.05) is 0 Å². The van der Waals surface area contributed by atoms with Crippen LogP contribution in [0.5, 0.6) is 0 Å². The van der Waals surface area contributed by atoms with Crippen molar-refractivity contribution in [2.45, 2.75) is 13.3 Å². The van der Waals surface area contributed by atoms with E-state index in [1.165, 1.54) is 17.4 Å². The van der Waals surface area contributed by atoms with E-state index >= 15 is 0 Å². The highest BCUT2D eigenvalue weighted by Gasteiger charge is 2.09. The number of Topliss-reactive ketones (excluding diaryl/α,β-unsaturated/α-hetero) is 1. The molecule has 0 atom stereocenters. The molecule has 1 heterocycles. The highest BCUT2D eigenvalue weighted by molar-refractivity contribution is 7.10. The molecule has 0 saturated heterocycles. The molecule has 0 bridgehead atoms. The SMILES string of the molecule is Cc1ccc(C(=O)Cc2cccs2)cc1F. The van der Waals surface area contributed by atoms with Crippen molar-refractivity contribution in [3.63, 3.8) is 0 Å². The molecule has 0 amide bonds. The van der Waals surface area contributed by atoms with Crippen LogP contribution in [0.25, 0.3) is 0 Å². The maximum absolute atomic E-state index is 13.3. The van der Waals surface area contributed by atoms with E-state index in [0.29, 0.717) is 17.5 Å². The second-order valence-corrected chi connectivity index (χ2v) is 4.68. The number of carbonyl (C=O) groups is 1. The predicted molar refractivity (Wildman–Crippen MR) is 63.5 cm³/mol. The molecule has 0 saturated carbocycles. The van der Waals surface area contributed by atoms with E-state index in [4.69, 9.17) is 0 Å². The molecule has 16 heavy (non-hydrogen) atoms. The van der Waals surface area contributed by atoms with E-state index < -0.39 is 0 Å². The minimum Gasteiger partial charge on any atom is -0.294 e. The van der Waals surface area contributed by atoms with Crippen molar-refractivity contribution in [3.8, 4) is 0 Å². The van der Waals surface area contributed by atoms with Gasteiger partial charge in [0.25, 0.3) is 0 Å². The minimum absolute atomic E-state index is 0.0404. The van der Waals surface area contributed by atoms with Gasteiger partial charge in [-0.1, -0.05) is 18.2 Å². The molecular weight excluding hydrogens is 223 g/mol. The molecule has 0 radical (unpaired) electrons. The number of benzene rings is 1. The zero-order valence-electron chi connectivity index (χ0n) is 8.87. The Labute approximate surface area is 97.6 Å². The second-order valence-electron chi connectivity index (χ2n) is 3.64. The van der Waals surface area contributed by atoms with E-state index in [2.05, 4.69) is 0 Å². The number of rotatable bonds is 3. The van der Waals surface area contributed by atoms with Crippen LogP contribution in [0.4, 0.5) is 4.39 Å². The van der Waals surface area contributed by atoms with Crippen molar-refractivity contribution in [3.05, 3.63) is 57.5 Å². The molecule has 2 rings (SSSR count). The lowest BCUT2D eigenvalue weighted by molar-refractivity contribution is 0.0993. The topological polar surface area (TPSA) is 17.1 Å². The fourth-order valence-electron chi connectivity index (χ4n) is 1.44. The van der Waals surface area contributed by atoms with Crippen LogP contribution in [0, 0.1) is 12.7 Å². The van der Waals surface area contributed by atoms with Crippen LogP contribution in [-0.2, 0) is 6.42 Å². The fraction of sp³-hybridized carbons (Fsp3) is 0.154. The van der Waals surface area contributed by atoms with Gasteiger partial charge >= 0.3 is 0 Å². The van der Waals surface area contributed by atoms with E-state index in [1.807, 2.05) is 17.5 Å². The summed E-state index contributed by atoms with van der Waals surface area (Å²) in [5.74, 6) is -0.363. The summed E-state index contributed by atoms with van der Waals surface area (Å²) in [6.45, 7) is 1.68. The van der Waals surface area contributed by atoms with E-state index in [1.54, 1.807) is 19.1 Å². The number of thiophene rings is 1. The Kier molecular flexibility index (Phi) is 3.15. The summed E-state index contributed by atoms with van der Waals surface area (Å²) in [4.78, 5) is 12.8. The summed E-state index contributed by atoms with van der Waals surface area (Å²) in [5, 5.41) is 1.93. The molecule has 1 nitrogen and oxygen atoms in total. The molecule has 0 aliphatic carbocycles. The van der Waals surface area contributed by atoms with Gasteiger partial charge in [0.05, 0.1) is 0 Å². The zero-order valence-corrected chi connectivity index (χ0v) is 9.68. The lowest BCUT2D eigenvalue weighted by atomic mass is 10.1. The van der Waals surface area contributed by atoms with E-state index in [-0.39, 0.29) is 11.6 Å². The molecule has 2 aromatic rings. The normalized spacial score (nSPS) is 10.4. The summed E-state index contributed by atoms with van der Waals surface area (Å²) >= 11 is 1.54. The van der Waals surface area contributed by atoms with Crippen molar-refractivity contribution in [1.82, 2.24) is 0 Å². The third-order valence-corrected chi connectivity index (χ3v) is 3.29. The predicted octanol–water partition coefficient (Wildman–Crippen LogP) is 3.62. The number of ketones is 1. The second kappa shape index (κ2) is 4.58. The highest BCUT2D eigenvalue weighted by Crippen LogP contribution is 2.15. The summed E-state index contributed by atoms with van der Waals surface area (Å²) < 4.78 is 13.3. The van der Waals surface area contributed by atoms with Crippen molar-refractivity contribution >= 4 is 17.1 Å². The number of carbonyl (C=O) groups excluding carboxylic acids is 1. The average Bonchev–Trinajstić information content (AvgIpc) is 2.74. The molecule has 0 fully saturated rings. The molecule has 1 aromatic heterocycles. The Balaban J connectivity index is 2.18. The smallest absolute Gasteiger partial charge is 0.168 e. The maximum atomic E-state index is 13.3. The summed E-state index contributed by atoms with van der Waals surface area (Å²) in [7, 11) is 0. The van der Waals surface area contributed by atoms with Crippen molar-refractivity contribution in [1.29, 1.82) is 0 Å². The van der Waals surface area contributed by atoms with Crippen molar-refractivity contribution in [2.24, 2.45) is 0 Å². The lowest BCUT2D eigenvalue weighted by Gasteiger charge is -2.01. The molecule has 3 heteroatoms. The Morgan fingerprint density at radius 3 is 2.81 bits per heavy atom. The first-order valence-corrected chi connectivity index (χ1v) is 5.86. The van der Waals surface area contributed by atoms with Gasteiger partial charge in [-0.15, -0.1) is 11.3 Å². The molecule has 82 valence electrons. The first-order valence-electron chi connectivity index (χ1n) is 4.98. The van der Waals surface area contributed by atoms with Crippen molar-refractivity contribution < 1.29 is 9.18 Å². The third-order valence-electron chi connectivity index (χ3n) is 2.41. The standard InChI is InChI=1S/C13H11FOS/c1-9-4-5-10(7-12(9)14)13(15)8-11-3-2-6-16-11/h2-7H,8H2,1H3. The molecule has 0 spiro atoms. The van der Waals surface area contributed by atoms with Gasteiger partial charge in [-0.05, 0) is 30.0 Å². The van der Waals surface area contributed by atoms with Gasteiger partial charge in [0.1, 0.15) is 5.82 Å². The molecule has 1 aromatic carbocycles. The first-order chi connectivity index (χ1) is 7.66. The van der Waals surface area contributed by atoms with Crippen LogP contribution in [-0.4, -0.2) is 5.78 Å². The van der Waals surface area contributed by atoms with Gasteiger partial charge in [-0.2, -0.15) is 0 Å². The molecule has 0 aliphatic heterocycles. The van der Waals surface area contributed by atoms with Crippen LogP contribution in [0.15, 0.2) is 35.7 Å². The Hall–Kier alpha value is -1.48. The number of hydrogen-bond acceptors (Lipinski definition) is 2. The maximum Gasteiger partial charge on any atom is 0.168 e. The molecule has 0 N–H and O–H groups in total. The monoisotopic (exact) mass is 234 g/mol. The Morgan fingerprint density at radius 1 is 1.38 bits per heavy atom. The largest absolute Gasteiger partial charge is 0.294 e. The van der Waals surface area contributed by atoms with Gasteiger partial charge in [0.2, 0.25) is 0 Å². The summed E-state index contributed by atoms with van der Waals surface area (Å²) in [6, 6.07) is 8.44.